The van der Waals surface area contributed by atoms with E-state index in [1.165, 1.54) is 18.5 Å². The first kappa shape index (κ1) is 17.2. The highest BCUT2D eigenvalue weighted by Gasteiger charge is 2.18. The van der Waals surface area contributed by atoms with Crippen molar-refractivity contribution in [2.24, 2.45) is 5.73 Å². The number of anilines is 1. The van der Waals surface area contributed by atoms with Crippen LogP contribution in [0.15, 0.2) is 24.3 Å². The maximum Gasteiger partial charge on any atom is 0.237 e. The van der Waals surface area contributed by atoms with E-state index in [9.17, 15) is 4.79 Å². The number of rotatable bonds is 7. The van der Waals surface area contributed by atoms with Gasteiger partial charge in [0.2, 0.25) is 5.91 Å². The van der Waals surface area contributed by atoms with Crippen molar-refractivity contribution in [1.29, 1.82) is 0 Å². The molecule has 1 unspecified atom stereocenters. The molecule has 0 spiro atoms. The summed E-state index contributed by atoms with van der Waals surface area (Å²) in [5.74, 6) is 0.848. The summed E-state index contributed by atoms with van der Waals surface area (Å²) in [5, 5.41) is 3.03. The van der Waals surface area contributed by atoms with E-state index in [1.807, 2.05) is 13.2 Å². The van der Waals surface area contributed by atoms with Crippen LogP contribution >= 0.6 is 11.8 Å². The van der Waals surface area contributed by atoms with Gasteiger partial charge in [-0.1, -0.05) is 12.1 Å². The molecule has 1 aliphatic heterocycles. The van der Waals surface area contributed by atoms with Gasteiger partial charge in [0.1, 0.15) is 0 Å². The lowest BCUT2D eigenvalue weighted by Crippen LogP contribution is -2.42. The second-order valence-corrected chi connectivity index (χ2v) is 6.89. The topological polar surface area (TPSA) is 58.4 Å². The lowest BCUT2D eigenvalue weighted by molar-refractivity contribution is -0.123. The van der Waals surface area contributed by atoms with Gasteiger partial charge in [-0.05, 0) is 55.9 Å². The van der Waals surface area contributed by atoms with Gasteiger partial charge in [-0.2, -0.15) is 11.8 Å². The van der Waals surface area contributed by atoms with Crippen molar-refractivity contribution in [3.63, 3.8) is 0 Å². The number of thioether (sulfide) groups is 1. The minimum Gasteiger partial charge on any atom is -0.372 e. The number of nitrogens with zero attached hydrogens (tertiary/aromatic N) is 1. The maximum atomic E-state index is 12.1. The third kappa shape index (κ3) is 4.65. The number of carbonyl (C=O) groups is 1. The van der Waals surface area contributed by atoms with E-state index in [0.29, 0.717) is 6.42 Å². The Balaban J connectivity index is 1.95. The van der Waals surface area contributed by atoms with Gasteiger partial charge in [0.05, 0.1) is 12.1 Å². The Morgan fingerprint density at radius 2 is 2.14 bits per heavy atom. The lowest BCUT2D eigenvalue weighted by atomic mass is 10.1. The van der Waals surface area contributed by atoms with Crippen LogP contribution in [0.2, 0.25) is 0 Å². The van der Waals surface area contributed by atoms with E-state index in [4.69, 9.17) is 5.73 Å². The summed E-state index contributed by atoms with van der Waals surface area (Å²) in [6, 6.07) is 8.03. The molecule has 1 aromatic rings. The molecule has 2 rings (SSSR count). The molecule has 1 fully saturated rings. The van der Waals surface area contributed by atoms with Crippen molar-refractivity contribution in [2.45, 2.75) is 38.3 Å². The number of amides is 1. The molecule has 0 aliphatic carbocycles. The SMILES string of the molecule is CSCC[C@H](N)C(=O)NC(C)c1cccc(N2CCCC2)c1. The van der Waals surface area contributed by atoms with Crippen LogP contribution < -0.4 is 16.0 Å². The molecule has 1 aliphatic rings. The number of nitrogens with two attached hydrogens (primary N) is 1. The molecule has 0 bridgehead atoms. The molecule has 1 saturated heterocycles. The van der Waals surface area contributed by atoms with Gasteiger partial charge in [0.25, 0.3) is 0 Å². The monoisotopic (exact) mass is 321 g/mol. The fourth-order valence-corrected chi connectivity index (χ4v) is 3.24. The highest BCUT2D eigenvalue weighted by atomic mass is 32.2. The molecule has 1 heterocycles. The fourth-order valence-electron chi connectivity index (χ4n) is 2.75. The lowest BCUT2D eigenvalue weighted by Gasteiger charge is -2.21. The molecule has 0 saturated carbocycles. The molecule has 4 nitrogen and oxygen atoms in total. The van der Waals surface area contributed by atoms with Crippen LogP contribution in [0.25, 0.3) is 0 Å². The van der Waals surface area contributed by atoms with Crippen molar-refractivity contribution < 1.29 is 4.79 Å². The first-order valence-electron chi connectivity index (χ1n) is 8.01. The van der Waals surface area contributed by atoms with Crippen molar-refractivity contribution >= 4 is 23.4 Å². The average molecular weight is 321 g/mol. The third-order valence-electron chi connectivity index (χ3n) is 4.17. The van der Waals surface area contributed by atoms with Crippen LogP contribution in [0.4, 0.5) is 5.69 Å². The molecule has 1 aromatic carbocycles. The van der Waals surface area contributed by atoms with Gasteiger partial charge in [-0.25, -0.2) is 0 Å². The minimum atomic E-state index is -0.420. The van der Waals surface area contributed by atoms with Gasteiger partial charge in [-0.3, -0.25) is 4.79 Å². The molecular formula is C17H27N3OS. The number of benzene rings is 1. The first-order valence-corrected chi connectivity index (χ1v) is 9.41. The Kier molecular flexibility index (Phi) is 6.58. The van der Waals surface area contributed by atoms with E-state index in [-0.39, 0.29) is 11.9 Å². The largest absolute Gasteiger partial charge is 0.372 e. The summed E-state index contributed by atoms with van der Waals surface area (Å²) in [6.07, 6.45) is 5.27. The van der Waals surface area contributed by atoms with Crippen molar-refractivity contribution in [1.82, 2.24) is 5.32 Å². The Bertz CT molecular complexity index is 489. The second kappa shape index (κ2) is 8.44. The normalized spacial score (nSPS) is 17.3. The Morgan fingerprint density at radius 3 is 2.82 bits per heavy atom. The Morgan fingerprint density at radius 1 is 1.41 bits per heavy atom. The first-order chi connectivity index (χ1) is 10.6. The third-order valence-corrected chi connectivity index (χ3v) is 4.81. The Labute approximate surface area is 137 Å². The summed E-state index contributed by atoms with van der Waals surface area (Å²) in [5.41, 5.74) is 8.31. The molecule has 1 amide bonds. The van der Waals surface area contributed by atoms with E-state index >= 15 is 0 Å². The standard InChI is InChI=1S/C17H27N3OS/c1-13(19-17(21)16(18)8-11-22-2)14-6-5-7-15(12-14)20-9-3-4-10-20/h5-7,12-13,16H,3-4,8-11,18H2,1-2H3,(H,19,21)/t13?,16-/m0/s1. The summed E-state index contributed by atoms with van der Waals surface area (Å²) in [7, 11) is 0. The molecule has 22 heavy (non-hydrogen) atoms. The van der Waals surface area contributed by atoms with Gasteiger partial charge in [0.15, 0.2) is 0 Å². The van der Waals surface area contributed by atoms with Crippen molar-refractivity contribution in [2.75, 3.05) is 30.0 Å². The molecular weight excluding hydrogens is 294 g/mol. The smallest absolute Gasteiger partial charge is 0.237 e. The number of nitrogens with one attached hydrogen (secondary N) is 1. The number of hydrogen-bond donors (Lipinski definition) is 2. The quantitative estimate of drug-likeness (QED) is 0.810. The minimum absolute atomic E-state index is 0.0182. The number of carbonyl (C=O) groups excluding carboxylic acids is 1. The average Bonchev–Trinajstić information content (AvgIpc) is 3.07. The summed E-state index contributed by atoms with van der Waals surface area (Å²) in [4.78, 5) is 14.5. The zero-order valence-corrected chi connectivity index (χ0v) is 14.4. The predicted molar refractivity (Wildman–Crippen MR) is 95.4 cm³/mol. The summed E-state index contributed by atoms with van der Waals surface area (Å²) < 4.78 is 0. The van der Waals surface area contributed by atoms with Crippen LogP contribution in [0.1, 0.15) is 37.8 Å². The molecule has 3 N–H and O–H groups in total. The molecule has 5 heteroatoms. The van der Waals surface area contributed by atoms with Crippen LogP contribution in [0.5, 0.6) is 0 Å². The molecule has 0 aromatic heterocycles. The fraction of sp³-hybridized carbons (Fsp3) is 0.588. The highest BCUT2D eigenvalue weighted by Crippen LogP contribution is 2.24. The zero-order valence-electron chi connectivity index (χ0n) is 13.5. The van der Waals surface area contributed by atoms with E-state index in [2.05, 4.69) is 34.5 Å². The zero-order chi connectivity index (χ0) is 15.9. The van der Waals surface area contributed by atoms with Crippen LogP contribution in [0, 0.1) is 0 Å². The van der Waals surface area contributed by atoms with Crippen LogP contribution in [-0.2, 0) is 4.79 Å². The molecule has 122 valence electrons. The van der Waals surface area contributed by atoms with Gasteiger partial charge in [-0.15, -0.1) is 0 Å². The predicted octanol–water partition coefficient (Wildman–Crippen LogP) is 2.54. The van der Waals surface area contributed by atoms with Gasteiger partial charge < -0.3 is 16.0 Å². The van der Waals surface area contributed by atoms with E-state index in [1.54, 1.807) is 11.8 Å². The number of hydrogen-bond acceptors (Lipinski definition) is 4. The second-order valence-electron chi connectivity index (χ2n) is 5.91. The van der Waals surface area contributed by atoms with Crippen molar-refractivity contribution in [3.8, 4) is 0 Å². The van der Waals surface area contributed by atoms with E-state index in [0.717, 1.165) is 24.4 Å². The Hall–Kier alpha value is -1.20. The van der Waals surface area contributed by atoms with Crippen molar-refractivity contribution in [3.05, 3.63) is 29.8 Å². The highest BCUT2D eigenvalue weighted by molar-refractivity contribution is 7.98. The van der Waals surface area contributed by atoms with Gasteiger partial charge in [0, 0.05) is 18.8 Å². The van der Waals surface area contributed by atoms with Crippen LogP contribution in [-0.4, -0.2) is 37.0 Å². The summed E-state index contributed by atoms with van der Waals surface area (Å²) in [6.45, 7) is 4.27. The molecule has 2 atom stereocenters. The van der Waals surface area contributed by atoms with E-state index < -0.39 is 6.04 Å². The molecule has 0 radical (unpaired) electrons. The van der Waals surface area contributed by atoms with Crippen LogP contribution in [0.3, 0.4) is 0 Å². The van der Waals surface area contributed by atoms with Gasteiger partial charge >= 0.3 is 0 Å². The maximum absolute atomic E-state index is 12.1. The summed E-state index contributed by atoms with van der Waals surface area (Å²) >= 11 is 1.71.